The molecule has 0 spiro atoms. The van der Waals surface area contributed by atoms with Crippen molar-refractivity contribution in [2.75, 3.05) is 13.3 Å². The zero-order chi connectivity index (χ0) is 14.7. The maximum absolute atomic E-state index is 6.20. The molecule has 2 aliphatic rings. The van der Waals surface area contributed by atoms with Gasteiger partial charge in [0.25, 0.3) is 0 Å². The number of ether oxygens (including phenoxy) is 2. The molecule has 0 unspecified atom stereocenters. The van der Waals surface area contributed by atoms with Crippen LogP contribution in [-0.4, -0.2) is 13.3 Å². The van der Waals surface area contributed by atoms with Gasteiger partial charge in [0.05, 0.1) is 5.02 Å². The predicted octanol–water partition coefficient (Wildman–Crippen LogP) is 4.37. The van der Waals surface area contributed by atoms with Gasteiger partial charge in [-0.1, -0.05) is 37.8 Å². The summed E-state index contributed by atoms with van der Waals surface area (Å²) in [4.78, 5) is 0. The number of rotatable bonds is 5. The Labute approximate surface area is 132 Å². The second-order valence-electron chi connectivity index (χ2n) is 6.24. The zero-order valence-electron chi connectivity index (χ0n) is 12.7. The molecule has 1 saturated carbocycles. The lowest BCUT2D eigenvalue weighted by molar-refractivity contribution is 0.174. The normalized spacial score (nSPS) is 24.3. The summed E-state index contributed by atoms with van der Waals surface area (Å²) in [5.74, 6) is 3.24. The Bertz CT molecular complexity index is 484. The molecule has 1 fully saturated rings. The molecule has 116 valence electrons. The highest BCUT2D eigenvalue weighted by Crippen LogP contribution is 2.39. The Morgan fingerprint density at radius 3 is 2.67 bits per heavy atom. The van der Waals surface area contributed by atoms with E-state index < -0.39 is 0 Å². The second kappa shape index (κ2) is 6.89. The molecule has 1 aromatic carbocycles. The molecule has 0 atom stereocenters. The van der Waals surface area contributed by atoms with E-state index in [0.717, 1.165) is 36.2 Å². The topological polar surface area (TPSA) is 30.5 Å². The van der Waals surface area contributed by atoms with Gasteiger partial charge in [-0.2, -0.15) is 0 Å². The number of halogens is 1. The number of hydrogen-bond acceptors (Lipinski definition) is 3. The largest absolute Gasteiger partial charge is 0.454 e. The molecule has 3 rings (SSSR count). The first-order valence-corrected chi connectivity index (χ1v) is 8.42. The van der Waals surface area contributed by atoms with Crippen LogP contribution >= 0.6 is 11.6 Å². The third kappa shape index (κ3) is 3.64. The van der Waals surface area contributed by atoms with E-state index in [9.17, 15) is 0 Å². The molecular formula is C17H24ClNO2. The SMILES string of the molecule is CCC1CCC(CNCc2cc(Cl)c3c(c2)OCO3)CC1. The van der Waals surface area contributed by atoms with Crippen LogP contribution in [0, 0.1) is 11.8 Å². The highest BCUT2D eigenvalue weighted by atomic mass is 35.5. The van der Waals surface area contributed by atoms with Crippen LogP contribution in [0.25, 0.3) is 0 Å². The standard InChI is InChI=1S/C17H24ClNO2/c1-2-12-3-5-13(6-4-12)9-19-10-14-7-15(18)17-16(8-14)20-11-21-17/h7-8,12-13,19H,2-6,9-11H2,1H3. The van der Waals surface area contributed by atoms with Crippen LogP contribution in [0.5, 0.6) is 11.5 Å². The highest BCUT2D eigenvalue weighted by molar-refractivity contribution is 6.32. The van der Waals surface area contributed by atoms with Crippen molar-refractivity contribution in [2.24, 2.45) is 11.8 Å². The van der Waals surface area contributed by atoms with E-state index >= 15 is 0 Å². The molecule has 1 aromatic rings. The summed E-state index contributed by atoms with van der Waals surface area (Å²) >= 11 is 6.20. The summed E-state index contributed by atoms with van der Waals surface area (Å²) in [5, 5.41) is 4.21. The van der Waals surface area contributed by atoms with Gasteiger partial charge in [0, 0.05) is 6.54 Å². The van der Waals surface area contributed by atoms with Crippen LogP contribution in [0.2, 0.25) is 5.02 Å². The van der Waals surface area contributed by atoms with E-state index in [1.165, 1.54) is 32.1 Å². The van der Waals surface area contributed by atoms with Crippen molar-refractivity contribution in [3.05, 3.63) is 22.7 Å². The van der Waals surface area contributed by atoms with Crippen molar-refractivity contribution < 1.29 is 9.47 Å². The molecule has 1 heterocycles. The van der Waals surface area contributed by atoms with Crippen molar-refractivity contribution >= 4 is 11.6 Å². The monoisotopic (exact) mass is 309 g/mol. The van der Waals surface area contributed by atoms with Crippen LogP contribution in [0.4, 0.5) is 0 Å². The molecule has 1 aliphatic carbocycles. The quantitative estimate of drug-likeness (QED) is 0.876. The van der Waals surface area contributed by atoms with E-state index in [1.54, 1.807) is 0 Å². The zero-order valence-corrected chi connectivity index (χ0v) is 13.4. The fraction of sp³-hybridized carbons (Fsp3) is 0.647. The predicted molar refractivity (Wildman–Crippen MR) is 85.0 cm³/mol. The minimum Gasteiger partial charge on any atom is -0.454 e. The fourth-order valence-corrected chi connectivity index (χ4v) is 3.68. The Morgan fingerprint density at radius 1 is 1.14 bits per heavy atom. The van der Waals surface area contributed by atoms with Crippen molar-refractivity contribution in [3.8, 4) is 11.5 Å². The molecule has 0 amide bonds. The lowest BCUT2D eigenvalue weighted by Crippen LogP contribution is -2.26. The fourth-order valence-electron chi connectivity index (χ4n) is 3.39. The average Bonchev–Trinajstić information content (AvgIpc) is 2.97. The molecule has 1 N–H and O–H groups in total. The van der Waals surface area contributed by atoms with E-state index in [-0.39, 0.29) is 6.79 Å². The van der Waals surface area contributed by atoms with Crippen LogP contribution in [0.1, 0.15) is 44.6 Å². The summed E-state index contributed by atoms with van der Waals surface area (Å²) in [5.41, 5.74) is 1.16. The van der Waals surface area contributed by atoms with Gasteiger partial charge < -0.3 is 14.8 Å². The minimum atomic E-state index is 0.270. The molecule has 4 heteroatoms. The van der Waals surface area contributed by atoms with Gasteiger partial charge in [0.2, 0.25) is 6.79 Å². The van der Waals surface area contributed by atoms with E-state index in [0.29, 0.717) is 10.8 Å². The van der Waals surface area contributed by atoms with E-state index in [4.69, 9.17) is 21.1 Å². The third-order valence-electron chi connectivity index (χ3n) is 4.79. The van der Waals surface area contributed by atoms with Gasteiger partial charge in [0.15, 0.2) is 11.5 Å². The van der Waals surface area contributed by atoms with Gasteiger partial charge in [-0.25, -0.2) is 0 Å². The summed E-state index contributed by atoms with van der Waals surface area (Å²) in [6.07, 6.45) is 6.88. The van der Waals surface area contributed by atoms with Crippen LogP contribution in [0.15, 0.2) is 12.1 Å². The van der Waals surface area contributed by atoms with Gasteiger partial charge in [-0.05, 0) is 48.9 Å². The summed E-state index contributed by atoms with van der Waals surface area (Å²) < 4.78 is 10.7. The molecular weight excluding hydrogens is 286 g/mol. The van der Waals surface area contributed by atoms with Crippen molar-refractivity contribution in [1.82, 2.24) is 5.32 Å². The first kappa shape index (κ1) is 15.0. The molecule has 0 radical (unpaired) electrons. The first-order valence-electron chi connectivity index (χ1n) is 8.05. The maximum atomic E-state index is 6.20. The molecule has 3 nitrogen and oxygen atoms in total. The van der Waals surface area contributed by atoms with Gasteiger partial charge >= 0.3 is 0 Å². The highest BCUT2D eigenvalue weighted by Gasteiger charge is 2.20. The Morgan fingerprint density at radius 2 is 1.90 bits per heavy atom. The number of fused-ring (bicyclic) bond motifs is 1. The molecule has 0 saturated heterocycles. The Hall–Kier alpha value is -0.930. The first-order chi connectivity index (χ1) is 10.3. The van der Waals surface area contributed by atoms with Crippen LogP contribution in [0.3, 0.4) is 0 Å². The maximum Gasteiger partial charge on any atom is 0.231 e. The molecule has 1 aliphatic heterocycles. The van der Waals surface area contributed by atoms with E-state index in [2.05, 4.69) is 12.2 Å². The van der Waals surface area contributed by atoms with Crippen molar-refractivity contribution in [3.63, 3.8) is 0 Å². The van der Waals surface area contributed by atoms with Crippen LogP contribution < -0.4 is 14.8 Å². The van der Waals surface area contributed by atoms with Crippen molar-refractivity contribution in [2.45, 2.75) is 45.6 Å². The van der Waals surface area contributed by atoms with E-state index in [1.807, 2.05) is 12.1 Å². The lowest BCUT2D eigenvalue weighted by atomic mass is 9.81. The lowest BCUT2D eigenvalue weighted by Gasteiger charge is -2.27. The molecule has 0 aromatic heterocycles. The Balaban J connectivity index is 1.47. The average molecular weight is 310 g/mol. The van der Waals surface area contributed by atoms with Crippen LogP contribution in [-0.2, 0) is 6.54 Å². The van der Waals surface area contributed by atoms with Gasteiger partial charge in [0.1, 0.15) is 0 Å². The minimum absolute atomic E-state index is 0.270. The summed E-state index contributed by atoms with van der Waals surface area (Å²) in [6.45, 7) is 4.52. The molecule has 0 bridgehead atoms. The van der Waals surface area contributed by atoms with Crippen molar-refractivity contribution in [1.29, 1.82) is 0 Å². The summed E-state index contributed by atoms with van der Waals surface area (Å²) in [7, 11) is 0. The second-order valence-corrected chi connectivity index (χ2v) is 6.64. The smallest absolute Gasteiger partial charge is 0.231 e. The number of nitrogens with one attached hydrogen (secondary N) is 1. The van der Waals surface area contributed by atoms with Gasteiger partial charge in [-0.3, -0.25) is 0 Å². The molecule has 21 heavy (non-hydrogen) atoms. The Kier molecular flexibility index (Phi) is 4.91. The van der Waals surface area contributed by atoms with Gasteiger partial charge in [-0.15, -0.1) is 0 Å². The summed E-state index contributed by atoms with van der Waals surface area (Å²) in [6, 6.07) is 3.99. The third-order valence-corrected chi connectivity index (χ3v) is 5.07. The number of benzene rings is 1. The number of hydrogen-bond donors (Lipinski definition) is 1.